The summed E-state index contributed by atoms with van der Waals surface area (Å²) in [4.78, 5) is 10.1. The summed E-state index contributed by atoms with van der Waals surface area (Å²) in [6.07, 6.45) is 0. The summed E-state index contributed by atoms with van der Waals surface area (Å²) in [6, 6.07) is 6.07. The third-order valence-corrected chi connectivity index (χ3v) is 3.38. The molecule has 0 radical (unpaired) electrons. The molecule has 0 spiro atoms. The predicted molar refractivity (Wildman–Crippen MR) is 66.8 cm³/mol. The van der Waals surface area contributed by atoms with Crippen molar-refractivity contribution in [1.29, 1.82) is 0 Å². The minimum Gasteiger partial charge on any atom is -0.489 e. The van der Waals surface area contributed by atoms with E-state index in [-0.39, 0.29) is 5.69 Å². The van der Waals surface area contributed by atoms with Crippen molar-refractivity contribution in [2.24, 2.45) is 0 Å². The maximum Gasteiger partial charge on any atom is 0.273 e. The van der Waals surface area contributed by atoms with Gasteiger partial charge in [-0.1, -0.05) is 17.7 Å². The summed E-state index contributed by atoms with van der Waals surface area (Å²) in [6.45, 7) is 0.309. The quantitative estimate of drug-likeness (QED) is 0.625. The predicted octanol–water partition coefficient (Wildman–Crippen LogP) is 3.89. The lowest BCUT2D eigenvalue weighted by atomic mass is 10.3. The summed E-state index contributed by atoms with van der Waals surface area (Å²) in [5.74, 6) is 0.460. The van der Waals surface area contributed by atoms with E-state index in [0.717, 1.165) is 5.56 Å². The van der Waals surface area contributed by atoms with Crippen molar-refractivity contribution in [3.63, 3.8) is 0 Å². The molecule has 0 saturated heterocycles. The molecule has 88 valence electrons. The number of hydrogen-bond acceptors (Lipinski definition) is 4. The van der Waals surface area contributed by atoms with Crippen LogP contribution >= 0.6 is 22.9 Å². The molecule has 17 heavy (non-hydrogen) atoms. The van der Waals surface area contributed by atoms with Crippen LogP contribution in [0.25, 0.3) is 0 Å². The molecule has 0 unspecified atom stereocenters. The molecule has 0 amide bonds. The minimum absolute atomic E-state index is 0.0129. The van der Waals surface area contributed by atoms with Gasteiger partial charge in [0.25, 0.3) is 5.69 Å². The molecule has 0 bridgehead atoms. The van der Waals surface area contributed by atoms with Gasteiger partial charge in [0.2, 0.25) is 0 Å². The van der Waals surface area contributed by atoms with Gasteiger partial charge in [-0.2, -0.15) is 11.3 Å². The summed E-state index contributed by atoms with van der Waals surface area (Å²) < 4.78 is 5.44. The summed E-state index contributed by atoms with van der Waals surface area (Å²) >= 11 is 7.40. The smallest absolute Gasteiger partial charge is 0.273 e. The van der Waals surface area contributed by atoms with Crippen molar-refractivity contribution in [3.05, 3.63) is 55.7 Å². The monoisotopic (exact) mass is 269 g/mol. The minimum atomic E-state index is -0.454. The lowest BCUT2D eigenvalue weighted by molar-refractivity contribution is -0.384. The van der Waals surface area contributed by atoms with E-state index in [1.54, 1.807) is 12.1 Å². The third kappa shape index (κ3) is 2.95. The van der Waals surface area contributed by atoms with Crippen LogP contribution in [0.3, 0.4) is 0 Å². The van der Waals surface area contributed by atoms with Gasteiger partial charge in [0.15, 0.2) is 0 Å². The number of rotatable bonds is 4. The fraction of sp³-hybridized carbons (Fsp3) is 0.0909. The molecule has 1 heterocycles. The fourth-order valence-electron chi connectivity index (χ4n) is 1.26. The second-order valence-corrected chi connectivity index (χ2v) is 4.44. The van der Waals surface area contributed by atoms with Crippen LogP contribution in [-0.2, 0) is 6.61 Å². The number of nitrogens with zero attached hydrogens (tertiary/aromatic N) is 1. The molecule has 0 aliphatic rings. The third-order valence-electron chi connectivity index (χ3n) is 2.11. The van der Waals surface area contributed by atoms with E-state index in [2.05, 4.69) is 0 Å². The topological polar surface area (TPSA) is 52.4 Å². The Hall–Kier alpha value is -1.59. The van der Waals surface area contributed by atoms with Crippen molar-refractivity contribution < 1.29 is 9.66 Å². The van der Waals surface area contributed by atoms with E-state index in [0.29, 0.717) is 17.4 Å². The second kappa shape index (κ2) is 5.16. The highest BCUT2D eigenvalue weighted by Crippen LogP contribution is 2.24. The first kappa shape index (κ1) is 11.9. The molecule has 6 heteroatoms. The Labute approximate surface area is 107 Å². The van der Waals surface area contributed by atoms with Gasteiger partial charge in [0.05, 0.1) is 16.0 Å². The van der Waals surface area contributed by atoms with Gasteiger partial charge in [-0.15, -0.1) is 0 Å². The van der Waals surface area contributed by atoms with Gasteiger partial charge >= 0.3 is 0 Å². The second-order valence-electron chi connectivity index (χ2n) is 3.29. The van der Waals surface area contributed by atoms with Crippen LogP contribution in [0.1, 0.15) is 5.56 Å². The van der Waals surface area contributed by atoms with Crippen LogP contribution < -0.4 is 4.74 Å². The Balaban J connectivity index is 2.07. The molecule has 0 N–H and O–H groups in total. The van der Waals surface area contributed by atoms with E-state index in [4.69, 9.17) is 16.3 Å². The van der Waals surface area contributed by atoms with Gasteiger partial charge in [-0.05, 0) is 11.4 Å². The fourth-order valence-corrected chi connectivity index (χ4v) is 2.29. The Bertz CT molecular complexity index is 541. The molecule has 0 atom stereocenters. The maximum absolute atomic E-state index is 10.6. The number of ether oxygens (including phenoxy) is 1. The van der Waals surface area contributed by atoms with Crippen molar-refractivity contribution in [1.82, 2.24) is 0 Å². The van der Waals surface area contributed by atoms with Crippen LogP contribution in [-0.4, -0.2) is 4.92 Å². The first-order valence-corrected chi connectivity index (χ1v) is 6.06. The highest BCUT2D eigenvalue weighted by molar-refractivity contribution is 7.08. The molecule has 2 aromatic rings. The van der Waals surface area contributed by atoms with Gasteiger partial charge in [0, 0.05) is 17.0 Å². The van der Waals surface area contributed by atoms with Crippen LogP contribution in [0.5, 0.6) is 5.75 Å². The number of non-ortho nitro benzene ring substituents is 1. The van der Waals surface area contributed by atoms with Crippen LogP contribution in [0.4, 0.5) is 5.69 Å². The Morgan fingerprint density at radius 3 is 2.88 bits per heavy atom. The lowest BCUT2D eigenvalue weighted by Gasteiger charge is -2.04. The zero-order valence-electron chi connectivity index (χ0n) is 8.63. The summed E-state index contributed by atoms with van der Waals surface area (Å²) in [7, 11) is 0. The van der Waals surface area contributed by atoms with Crippen LogP contribution in [0.2, 0.25) is 5.02 Å². The van der Waals surface area contributed by atoms with Gasteiger partial charge in [0.1, 0.15) is 12.4 Å². The molecule has 0 fully saturated rings. The molecule has 1 aromatic heterocycles. The summed E-state index contributed by atoms with van der Waals surface area (Å²) in [5, 5.41) is 14.9. The van der Waals surface area contributed by atoms with Crippen LogP contribution in [0, 0.1) is 10.1 Å². The molecule has 1 aromatic carbocycles. The molecular weight excluding hydrogens is 262 g/mol. The van der Waals surface area contributed by atoms with Crippen LogP contribution in [0.15, 0.2) is 35.0 Å². The van der Waals surface area contributed by atoms with Gasteiger partial charge < -0.3 is 4.74 Å². The average molecular weight is 270 g/mol. The molecule has 2 rings (SSSR count). The van der Waals surface area contributed by atoms with Crippen molar-refractivity contribution >= 4 is 28.6 Å². The summed E-state index contributed by atoms with van der Waals surface area (Å²) in [5.41, 5.74) is 0.891. The normalized spacial score (nSPS) is 10.2. The number of nitro groups is 1. The largest absolute Gasteiger partial charge is 0.489 e. The van der Waals surface area contributed by atoms with Crippen molar-refractivity contribution in [2.75, 3.05) is 0 Å². The molecule has 0 aliphatic carbocycles. The molecular formula is C11H8ClNO3S. The van der Waals surface area contributed by atoms with Gasteiger partial charge in [-0.3, -0.25) is 10.1 Å². The average Bonchev–Trinajstić information content (AvgIpc) is 2.72. The zero-order valence-corrected chi connectivity index (χ0v) is 10.2. The van der Waals surface area contributed by atoms with E-state index < -0.39 is 4.92 Å². The number of benzene rings is 1. The van der Waals surface area contributed by atoms with Gasteiger partial charge in [-0.25, -0.2) is 0 Å². The Morgan fingerprint density at radius 2 is 2.24 bits per heavy atom. The Morgan fingerprint density at radius 1 is 1.41 bits per heavy atom. The maximum atomic E-state index is 10.6. The standard InChI is InChI=1S/C11H8ClNO3S/c12-11-7-17-6-8(11)5-16-10-3-1-2-9(4-10)13(14)15/h1-4,6-7H,5H2. The first-order chi connectivity index (χ1) is 8.16. The van der Waals surface area contributed by atoms with Crippen molar-refractivity contribution in [2.45, 2.75) is 6.61 Å². The first-order valence-electron chi connectivity index (χ1n) is 4.74. The molecule has 0 saturated carbocycles. The molecule has 0 aliphatic heterocycles. The highest BCUT2D eigenvalue weighted by Gasteiger charge is 2.07. The SMILES string of the molecule is O=[N+]([O-])c1cccc(OCc2cscc2Cl)c1. The number of hydrogen-bond donors (Lipinski definition) is 0. The lowest BCUT2D eigenvalue weighted by Crippen LogP contribution is -1.95. The van der Waals surface area contributed by atoms with Crippen molar-refractivity contribution in [3.8, 4) is 5.75 Å². The van der Waals surface area contributed by atoms with E-state index in [1.165, 1.54) is 23.5 Å². The molecule has 4 nitrogen and oxygen atoms in total. The Kier molecular flexibility index (Phi) is 3.61. The van der Waals surface area contributed by atoms with E-state index in [1.807, 2.05) is 10.8 Å². The highest BCUT2D eigenvalue weighted by atomic mass is 35.5. The van der Waals surface area contributed by atoms with E-state index in [9.17, 15) is 10.1 Å². The number of halogens is 1. The zero-order chi connectivity index (χ0) is 12.3. The van der Waals surface area contributed by atoms with E-state index >= 15 is 0 Å². The number of nitro benzene ring substituents is 1. The number of thiophene rings is 1.